The summed E-state index contributed by atoms with van der Waals surface area (Å²) in [5, 5.41) is 4.57. The zero-order valence-electron chi connectivity index (χ0n) is 5.97. The summed E-state index contributed by atoms with van der Waals surface area (Å²) in [4.78, 5) is 3.52. The number of rotatable bonds is 1. The van der Waals surface area contributed by atoms with E-state index >= 15 is 0 Å². The fourth-order valence-corrected chi connectivity index (χ4v) is 1.09. The minimum Gasteiger partial charge on any atom is -0.399 e. The van der Waals surface area contributed by atoms with Gasteiger partial charge in [0.15, 0.2) is 5.03 Å². The Morgan fingerprint density at radius 3 is 2.33 bits per heavy atom. The highest BCUT2D eigenvalue weighted by molar-refractivity contribution is 7.89. The van der Waals surface area contributed by atoms with Crippen LogP contribution < -0.4 is 10.9 Å². The predicted octanol–water partition coefficient (Wildman–Crippen LogP) is -0.267. The van der Waals surface area contributed by atoms with Crippen LogP contribution in [-0.2, 0) is 10.0 Å². The van der Waals surface area contributed by atoms with Crippen LogP contribution in [0.4, 0.5) is 5.69 Å². The van der Waals surface area contributed by atoms with Gasteiger partial charge in [-0.1, -0.05) is 0 Å². The summed E-state index contributed by atoms with van der Waals surface area (Å²) in [5.41, 5.74) is 5.62. The molecule has 1 rings (SSSR count). The van der Waals surface area contributed by atoms with Gasteiger partial charge in [0.1, 0.15) is 0 Å². The van der Waals surface area contributed by atoms with Gasteiger partial charge in [0.05, 0.1) is 0 Å². The number of aromatic nitrogens is 1. The van der Waals surface area contributed by atoms with Crippen molar-refractivity contribution in [3.05, 3.63) is 18.3 Å². The van der Waals surface area contributed by atoms with Crippen molar-refractivity contribution in [1.29, 1.82) is 0 Å². The molecule has 0 aliphatic rings. The van der Waals surface area contributed by atoms with Gasteiger partial charge < -0.3 is 5.73 Å². The van der Waals surface area contributed by atoms with Crippen LogP contribution in [0.1, 0.15) is 0 Å². The monoisotopic (exact) mass is 209 g/mol. The molecular formula is C5H8ClN3O2S. The fraction of sp³-hybridized carbons (Fsp3) is 0. The summed E-state index contributed by atoms with van der Waals surface area (Å²) >= 11 is 0. The Balaban J connectivity index is 0.00000121. The molecule has 0 aliphatic carbocycles. The largest absolute Gasteiger partial charge is 0.399 e. The summed E-state index contributed by atoms with van der Waals surface area (Å²) < 4.78 is 21.3. The lowest BCUT2D eigenvalue weighted by molar-refractivity contribution is 0.594. The molecule has 0 fully saturated rings. The van der Waals surface area contributed by atoms with Gasteiger partial charge >= 0.3 is 0 Å². The number of hydrogen-bond donors (Lipinski definition) is 2. The quantitative estimate of drug-likeness (QED) is 0.665. The first-order valence-electron chi connectivity index (χ1n) is 2.74. The van der Waals surface area contributed by atoms with Gasteiger partial charge in [-0.2, -0.15) is 0 Å². The summed E-state index contributed by atoms with van der Waals surface area (Å²) in [6.07, 6.45) is 1.29. The summed E-state index contributed by atoms with van der Waals surface area (Å²) in [6.45, 7) is 0. The van der Waals surface area contributed by atoms with Crippen molar-refractivity contribution in [2.45, 2.75) is 5.03 Å². The zero-order valence-corrected chi connectivity index (χ0v) is 7.60. The second-order valence-electron chi connectivity index (χ2n) is 1.97. The molecule has 0 saturated carbocycles. The van der Waals surface area contributed by atoms with Crippen molar-refractivity contribution in [1.82, 2.24) is 4.98 Å². The molecule has 0 saturated heterocycles. The molecule has 0 bridgehead atoms. The van der Waals surface area contributed by atoms with Crippen molar-refractivity contribution >= 4 is 28.1 Å². The predicted molar refractivity (Wildman–Crippen MR) is 47.3 cm³/mol. The van der Waals surface area contributed by atoms with Crippen LogP contribution in [0.15, 0.2) is 23.4 Å². The van der Waals surface area contributed by atoms with E-state index < -0.39 is 10.0 Å². The number of nitrogens with zero attached hydrogens (tertiary/aromatic N) is 1. The Morgan fingerprint density at radius 2 is 2.00 bits per heavy atom. The third-order valence-corrected chi connectivity index (χ3v) is 1.86. The lowest BCUT2D eigenvalue weighted by Gasteiger charge is -1.96. The zero-order chi connectivity index (χ0) is 8.48. The normalized spacial score (nSPS) is 10.4. The second-order valence-corrected chi connectivity index (χ2v) is 3.48. The van der Waals surface area contributed by atoms with E-state index in [1.54, 1.807) is 0 Å². The van der Waals surface area contributed by atoms with Gasteiger partial charge in [0.2, 0.25) is 0 Å². The van der Waals surface area contributed by atoms with Gasteiger partial charge in [0, 0.05) is 11.9 Å². The first-order chi connectivity index (χ1) is 5.00. The van der Waals surface area contributed by atoms with Crippen LogP contribution in [0.5, 0.6) is 0 Å². The number of pyridine rings is 1. The van der Waals surface area contributed by atoms with Gasteiger partial charge in [-0.05, 0) is 12.1 Å². The second kappa shape index (κ2) is 3.70. The van der Waals surface area contributed by atoms with Crippen LogP contribution in [0.2, 0.25) is 0 Å². The summed E-state index contributed by atoms with van der Waals surface area (Å²) in [7, 11) is -3.72. The molecule has 0 amide bonds. The molecule has 0 spiro atoms. The van der Waals surface area contributed by atoms with Crippen LogP contribution in [0.3, 0.4) is 0 Å². The highest BCUT2D eigenvalue weighted by atomic mass is 35.5. The minimum atomic E-state index is -3.72. The van der Waals surface area contributed by atoms with Crippen LogP contribution in [0, 0.1) is 0 Å². The highest BCUT2D eigenvalue weighted by Gasteiger charge is 2.07. The number of primary sulfonamides is 1. The van der Waals surface area contributed by atoms with E-state index in [1.165, 1.54) is 18.3 Å². The smallest absolute Gasteiger partial charge is 0.255 e. The first kappa shape index (κ1) is 11.2. The Hall–Kier alpha value is -0.850. The van der Waals surface area contributed by atoms with Crippen molar-refractivity contribution in [2.24, 2.45) is 5.14 Å². The minimum absolute atomic E-state index is 0. The maximum absolute atomic E-state index is 10.6. The molecule has 0 atom stereocenters. The van der Waals surface area contributed by atoms with E-state index in [-0.39, 0.29) is 17.4 Å². The van der Waals surface area contributed by atoms with E-state index in [2.05, 4.69) is 4.98 Å². The molecule has 0 radical (unpaired) electrons. The average Bonchev–Trinajstić information content (AvgIpc) is 1.86. The van der Waals surface area contributed by atoms with E-state index in [0.29, 0.717) is 5.69 Å². The maximum atomic E-state index is 10.6. The topological polar surface area (TPSA) is 99.1 Å². The van der Waals surface area contributed by atoms with E-state index in [1.807, 2.05) is 0 Å². The number of sulfonamides is 1. The molecule has 4 N–H and O–H groups in total. The van der Waals surface area contributed by atoms with Crippen LogP contribution in [-0.4, -0.2) is 13.4 Å². The molecule has 1 heterocycles. The fourth-order valence-electron chi connectivity index (χ4n) is 0.580. The average molecular weight is 210 g/mol. The first-order valence-corrected chi connectivity index (χ1v) is 4.29. The molecule has 12 heavy (non-hydrogen) atoms. The number of hydrogen-bond acceptors (Lipinski definition) is 4. The number of anilines is 1. The van der Waals surface area contributed by atoms with Gasteiger partial charge in [-0.15, -0.1) is 12.4 Å². The van der Waals surface area contributed by atoms with Crippen molar-refractivity contribution < 1.29 is 8.42 Å². The van der Waals surface area contributed by atoms with Gasteiger partial charge in [0.25, 0.3) is 10.0 Å². The Morgan fingerprint density at radius 1 is 1.42 bits per heavy atom. The lowest BCUT2D eigenvalue weighted by Crippen LogP contribution is -2.13. The molecule has 68 valence electrons. The third kappa shape index (κ3) is 2.65. The van der Waals surface area contributed by atoms with Crippen LogP contribution in [0.25, 0.3) is 0 Å². The van der Waals surface area contributed by atoms with Crippen molar-refractivity contribution in [3.63, 3.8) is 0 Å². The molecule has 1 aromatic rings. The Bertz CT molecular complexity index is 365. The Kier molecular flexibility index (Phi) is 3.44. The SMILES string of the molecule is Cl.Nc1ccnc(S(N)(=O)=O)c1. The number of halogens is 1. The molecule has 0 aromatic carbocycles. The molecule has 0 aliphatic heterocycles. The maximum Gasteiger partial charge on any atom is 0.255 e. The molecule has 5 nitrogen and oxygen atoms in total. The Labute approximate surface area is 76.2 Å². The van der Waals surface area contributed by atoms with Crippen molar-refractivity contribution in [2.75, 3.05) is 5.73 Å². The summed E-state index contributed by atoms with van der Waals surface area (Å²) in [6, 6.07) is 2.68. The van der Waals surface area contributed by atoms with Crippen molar-refractivity contribution in [3.8, 4) is 0 Å². The molecule has 7 heteroatoms. The van der Waals surface area contributed by atoms with Gasteiger partial charge in [-0.25, -0.2) is 18.5 Å². The lowest BCUT2D eigenvalue weighted by atomic mass is 10.4. The van der Waals surface area contributed by atoms with E-state index in [0.717, 1.165) is 0 Å². The summed E-state index contributed by atoms with van der Waals surface area (Å²) in [5.74, 6) is 0. The van der Waals surface area contributed by atoms with E-state index in [4.69, 9.17) is 10.9 Å². The number of nitrogen functional groups attached to an aromatic ring is 1. The highest BCUT2D eigenvalue weighted by Crippen LogP contribution is 2.06. The standard InChI is InChI=1S/C5H7N3O2S.ClH/c6-4-1-2-8-5(3-4)11(7,9)10;/h1-3H,(H2,6,8)(H2,7,9,10);1H. The van der Waals surface area contributed by atoms with E-state index in [9.17, 15) is 8.42 Å². The van der Waals surface area contributed by atoms with Crippen LogP contribution >= 0.6 is 12.4 Å². The third-order valence-electron chi connectivity index (χ3n) is 1.05. The number of nitrogens with two attached hydrogens (primary N) is 2. The molecule has 0 unspecified atom stereocenters. The van der Waals surface area contributed by atoms with Gasteiger partial charge in [-0.3, -0.25) is 0 Å². The molecule has 1 aromatic heterocycles. The molecular weight excluding hydrogens is 202 g/mol.